The highest BCUT2D eigenvalue weighted by Gasteiger charge is 2.18. The summed E-state index contributed by atoms with van der Waals surface area (Å²) < 4.78 is 10.9. The van der Waals surface area contributed by atoms with Gasteiger partial charge in [0.25, 0.3) is 0 Å². The Morgan fingerprint density at radius 2 is 1.79 bits per heavy atom. The summed E-state index contributed by atoms with van der Waals surface area (Å²) in [6, 6.07) is 13.0. The number of fused-ring (bicyclic) bond motifs is 1. The van der Waals surface area contributed by atoms with Crippen LogP contribution in [0.3, 0.4) is 0 Å². The van der Waals surface area contributed by atoms with E-state index in [1.165, 1.54) is 0 Å². The molecule has 0 saturated carbocycles. The van der Waals surface area contributed by atoms with Crippen LogP contribution in [-0.4, -0.2) is 43.5 Å². The van der Waals surface area contributed by atoms with Crippen molar-refractivity contribution in [1.82, 2.24) is 4.90 Å². The number of nitrogens with zero attached hydrogens (tertiary/aromatic N) is 1. The molecule has 0 radical (unpaired) electrons. The van der Waals surface area contributed by atoms with Gasteiger partial charge in [0, 0.05) is 36.5 Å². The van der Waals surface area contributed by atoms with Crippen molar-refractivity contribution >= 4 is 28.4 Å². The van der Waals surface area contributed by atoms with Crippen molar-refractivity contribution < 1.29 is 13.9 Å². The molecule has 2 aromatic carbocycles. The normalized spacial score (nSPS) is 15.0. The van der Waals surface area contributed by atoms with Gasteiger partial charge in [0.2, 0.25) is 0 Å². The van der Waals surface area contributed by atoms with E-state index < -0.39 is 5.63 Å². The van der Waals surface area contributed by atoms with Crippen LogP contribution >= 0.6 is 11.6 Å². The lowest BCUT2D eigenvalue weighted by atomic mass is 9.99. The Hall–Kier alpha value is -2.47. The van der Waals surface area contributed by atoms with Crippen molar-refractivity contribution in [3.05, 3.63) is 69.0 Å². The molecule has 1 saturated heterocycles. The van der Waals surface area contributed by atoms with Crippen LogP contribution < -0.4 is 5.63 Å². The predicted octanol–water partition coefficient (Wildman–Crippen LogP) is 4.33. The number of carbonyl (C=O) groups is 1. The SMILES string of the molecule is Cc1cc(-c2ccc(Cl)cc2)cc2oc(=O)c(C(=O)CCN3CCOCC3)cc12. The third-order valence-electron chi connectivity index (χ3n) is 5.30. The zero-order valence-corrected chi connectivity index (χ0v) is 17.0. The van der Waals surface area contributed by atoms with Crippen molar-refractivity contribution in [2.45, 2.75) is 13.3 Å². The number of Topliss-reactive ketones (excluding diaryl/α,β-unsaturated/α-hetero) is 1. The summed E-state index contributed by atoms with van der Waals surface area (Å²) in [6.45, 7) is 5.55. The van der Waals surface area contributed by atoms with Gasteiger partial charge in [-0.05, 0) is 47.9 Å². The molecule has 5 nitrogen and oxygen atoms in total. The number of halogens is 1. The van der Waals surface area contributed by atoms with Gasteiger partial charge in [-0.15, -0.1) is 0 Å². The highest BCUT2D eigenvalue weighted by molar-refractivity contribution is 6.30. The number of ketones is 1. The van der Waals surface area contributed by atoms with Crippen molar-refractivity contribution in [3.8, 4) is 11.1 Å². The smallest absolute Gasteiger partial charge is 0.347 e. The lowest BCUT2D eigenvalue weighted by Crippen LogP contribution is -2.37. The molecule has 1 aliphatic rings. The summed E-state index contributed by atoms with van der Waals surface area (Å²) in [5.74, 6) is -0.187. The molecule has 29 heavy (non-hydrogen) atoms. The fourth-order valence-electron chi connectivity index (χ4n) is 3.62. The molecule has 0 amide bonds. The van der Waals surface area contributed by atoms with Crippen molar-refractivity contribution in [3.63, 3.8) is 0 Å². The minimum absolute atomic E-state index is 0.119. The molecule has 0 N–H and O–H groups in total. The molecule has 2 heterocycles. The Morgan fingerprint density at radius 1 is 1.07 bits per heavy atom. The Morgan fingerprint density at radius 3 is 2.52 bits per heavy atom. The second kappa shape index (κ2) is 8.49. The third-order valence-corrected chi connectivity index (χ3v) is 5.55. The Kier molecular flexibility index (Phi) is 5.81. The van der Waals surface area contributed by atoms with Crippen molar-refractivity contribution in [2.75, 3.05) is 32.8 Å². The van der Waals surface area contributed by atoms with E-state index in [1.54, 1.807) is 6.07 Å². The van der Waals surface area contributed by atoms with Crippen LogP contribution in [0.25, 0.3) is 22.1 Å². The highest BCUT2D eigenvalue weighted by Crippen LogP contribution is 2.28. The molecule has 1 aromatic heterocycles. The number of carbonyl (C=O) groups excluding carboxylic acids is 1. The summed E-state index contributed by atoms with van der Waals surface area (Å²) in [6.07, 6.45) is 0.290. The summed E-state index contributed by atoms with van der Waals surface area (Å²) in [4.78, 5) is 27.3. The molecule has 0 atom stereocenters. The summed E-state index contributed by atoms with van der Waals surface area (Å²) in [5.41, 5.74) is 2.86. The molecule has 1 aliphatic heterocycles. The molecule has 150 valence electrons. The molecular weight excluding hydrogens is 390 g/mol. The number of hydrogen-bond donors (Lipinski definition) is 0. The first-order chi connectivity index (χ1) is 14.0. The molecular formula is C23H22ClNO4. The maximum Gasteiger partial charge on any atom is 0.347 e. The summed E-state index contributed by atoms with van der Waals surface area (Å²) in [7, 11) is 0. The second-order valence-electron chi connectivity index (χ2n) is 7.29. The van der Waals surface area contributed by atoms with Gasteiger partial charge in [0.15, 0.2) is 5.78 Å². The van der Waals surface area contributed by atoms with Gasteiger partial charge >= 0.3 is 5.63 Å². The first-order valence-electron chi connectivity index (χ1n) is 9.69. The molecule has 0 spiro atoms. The lowest BCUT2D eigenvalue weighted by molar-refractivity contribution is 0.0370. The van der Waals surface area contributed by atoms with E-state index in [1.807, 2.05) is 43.3 Å². The number of morpholine rings is 1. The zero-order valence-electron chi connectivity index (χ0n) is 16.2. The number of hydrogen-bond acceptors (Lipinski definition) is 5. The number of rotatable bonds is 5. The Labute approximate surface area is 173 Å². The van der Waals surface area contributed by atoms with E-state index in [0.717, 1.165) is 35.2 Å². The fraction of sp³-hybridized carbons (Fsp3) is 0.304. The maximum atomic E-state index is 12.7. The van der Waals surface area contributed by atoms with Crippen molar-refractivity contribution in [1.29, 1.82) is 0 Å². The molecule has 1 fully saturated rings. The minimum atomic E-state index is -0.586. The zero-order chi connectivity index (χ0) is 20.4. The minimum Gasteiger partial charge on any atom is -0.422 e. The van der Waals surface area contributed by atoms with Gasteiger partial charge in [-0.25, -0.2) is 4.79 Å². The first-order valence-corrected chi connectivity index (χ1v) is 10.1. The Bertz CT molecular complexity index is 1100. The average Bonchev–Trinajstić information content (AvgIpc) is 2.72. The largest absolute Gasteiger partial charge is 0.422 e. The van der Waals surface area contributed by atoms with Crippen LogP contribution in [0.1, 0.15) is 22.3 Å². The molecule has 0 aliphatic carbocycles. The summed E-state index contributed by atoms with van der Waals surface area (Å²) >= 11 is 5.97. The van der Waals surface area contributed by atoms with Gasteiger partial charge in [-0.2, -0.15) is 0 Å². The number of ether oxygens (including phenoxy) is 1. The first kappa shape index (κ1) is 19.8. The topological polar surface area (TPSA) is 59.8 Å². The van der Waals surface area contributed by atoms with Gasteiger partial charge in [0.05, 0.1) is 13.2 Å². The number of aryl methyl sites for hydroxylation is 1. The van der Waals surface area contributed by atoms with E-state index >= 15 is 0 Å². The summed E-state index contributed by atoms with van der Waals surface area (Å²) in [5, 5.41) is 1.44. The second-order valence-corrected chi connectivity index (χ2v) is 7.72. The van der Waals surface area contributed by atoms with Crippen LogP contribution in [0.2, 0.25) is 5.02 Å². The third kappa shape index (κ3) is 4.42. The van der Waals surface area contributed by atoms with Crippen LogP contribution in [0, 0.1) is 6.92 Å². The molecule has 6 heteroatoms. The van der Waals surface area contributed by atoms with Gasteiger partial charge in [0.1, 0.15) is 11.1 Å². The van der Waals surface area contributed by atoms with Crippen molar-refractivity contribution in [2.24, 2.45) is 0 Å². The van der Waals surface area contributed by atoms with Crippen LogP contribution in [-0.2, 0) is 4.74 Å². The van der Waals surface area contributed by atoms with Gasteiger partial charge < -0.3 is 9.15 Å². The van der Waals surface area contributed by atoms with Crippen LogP contribution in [0.15, 0.2) is 51.7 Å². The fourth-order valence-corrected chi connectivity index (χ4v) is 3.74. The van der Waals surface area contributed by atoms with E-state index in [0.29, 0.717) is 30.4 Å². The molecule has 0 bridgehead atoms. The Balaban J connectivity index is 1.61. The predicted molar refractivity (Wildman–Crippen MR) is 114 cm³/mol. The average molecular weight is 412 g/mol. The standard InChI is InChI=1S/C23H22ClNO4/c1-15-12-17(16-2-4-18(24)5-3-16)13-22-19(15)14-20(23(27)29-22)21(26)6-7-25-8-10-28-11-9-25/h2-5,12-14H,6-11H2,1H3. The molecule has 4 rings (SSSR count). The highest BCUT2D eigenvalue weighted by atomic mass is 35.5. The maximum absolute atomic E-state index is 12.7. The van der Waals surface area contributed by atoms with E-state index in [2.05, 4.69) is 4.90 Å². The van der Waals surface area contributed by atoms with Crippen LogP contribution in [0.4, 0.5) is 0 Å². The molecule has 0 unspecified atom stereocenters. The quantitative estimate of drug-likeness (QED) is 0.462. The van der Waals surface area contributed by atoms with E-state index in [9.17, 15) is 9.59 Å². The monoisotopic (exact) mass is 411 g/mol. The van der Waals surface area contributed by atoms with E-state index in [-0.39, 0.29) is 17.8 Å². The molecule has 3 aromatic rings. The van der Waals surface area contributed by atoms with Gasteiger partial charge in [-0.1, -0.05) is 29.8 Å². The van der Waals surface area contributed by atoms with E-state index in [4.69, 9.17) is 20.8 Å². The van der Waals surface area contributed by atoms with Crippen LogP contribution in [0.5, 0.6) is 0 Å². The lowest BCUT2D eigenvalue weighted by Gasteiger charge is -2.26. The number of benzene rings is 2. The van der Waals surface area contributed by atoms with Gasteiger partial charge in [-0.3, -0.25) is 9.69 Å².